The molecule has 0 radical (unpaired) electrons. The van der Waals surface area contributed by atoms with Gasteiger partial charge in [0.2, 0.25) is 0 Å². The van der Waals surface area contributed by atoms with E-state index in [2.05, 4.69) is 0 Å². The first-order chi connectivity index (χ1) is 9.29. The number of carboxylic acid groups (broad SMARTS) is 1. The van der Waals surface area contributed by atoms with Gasteiger partial charge in [-0.3, -0.25) is 0 Å². The monoisotopic (exact) mass is 338 g/mol. The van der Waals surface area contributed by atoms with Gasteiger partial charge >= 0.3 is 5.97 Å². The predicted octanol–water partition coefficient (Wildman–Crippen LogP) is 2.40. The first-order valence-corrected chi connectivity index (χ1v) is 8.26. The van der Waals surface area contributed by atoms with Crippen LogP contribution >= 0.6 is 23.2 Å². The molecular formula is C12H12Cl2O5S. The molecular weight excluding hydrogens is 327 g/mol. The van der Waals surface area contributed by atoms with Gasteiger partial charge in [0, 0.05) is 5.02 Å². The number of hydrogen-bond donors (Lipinski definition) is 1. The Morgan fingerprint density at radius 1 is 1.35 bits per heavy atom. The van der Waals surface area contributed by atoms with Crippen molar-refractivity contribution in [3.05, 3.63) is 28.2 Å². The third kappa shape index (κ3) is 3.44. The number of carboxylic acids is 1. The topological polar surface area (TPSA) is 80.7 Å². The van der Waals surface area contributed by atoms with Crippen LogP contribution in [-0.4, -0.2) is 37.5 Å². The van der Waals surface area contributed by atoms with Gasteiger partial charge in [0.15, 0.2) is 15.9 Å². The molecule has 20 heavy (non-hydrogen) atoms. The van der Waals surface area contributed by atoms with Crippen molar-refractivity contribution in [3.63, 3.8) is 0 Å². The molecule has 1 saturated heterocycles. The molecule has 2 atom stereocenters. The molecule has 8 heteroatoms. The number of rotatable bonds is 4. The lowest BCUT2D eigenvalue weighted by molar-refractivity contribution is -0.148. The molecule has 1 heterocycles. The van der Waals surface area contributed by atoms with Crippen LogP contribution in [0.25, 0.3) is 0 Å². The summed E-state index contributed by atoms with van der Waals surface area (Å²) in [6.45, 7) is 0. The van der Waals surface area contributed by atoms with Crippen molar-refractivity contribution in [1.82, 2.24) is 0 Å². The van der Waals surface area contributed by atoms with E-state index in [1.165, 1.54) is 18.2 Å². The largest absolute Gasteiger partial charge is 0.479 e. The van der Waals surface area contributed by atoms with Crippen LogP contribution in [0.4, 0.5) is 0 Å². The van der Waals surface area contributed by atoms with Gasteiger partial charge in [0.1, 0.15) is 0 Å². The lowest BCUT2D eigenvalue weighted by atomic mass is 10.2. The molecule has 1 aliphatic heterocycles. The van der Waals surface area contributed by atoms with E-state index in [9.17, 15) is 13.2 Å². The normalized spacial score (nSPS) is 22.9. The maximum Gasteiger partial charge on any atom is 0.332 e. The van der Waals surface area contributed by atoms with Crippen LogP contribution in [0.15, 0.2) is 23.1 Å². The van der Waals surface area contributed by atoms with Crippen molar-refractivity contribution < 1.29 is 23.1 Å². The van der Waals surface area contributed by atoms with Crippen LogP contribution in [0.5, 0.6) is 0 Å². The molecule has 1 N–H and O–H groups in total. The molecule has 1 aromatic rings. The highest BCUT2D eigenvalue weighted by atomic mass is 35.5. The average molecular weight is 339 g/mol. The van der Waals surface area contributed by atoms with Crippen LogP contribution < -0.4 is 0 Å². The smallest absolute Gasteiger partial charge is 0.332 e. The van der Waals surface area contributed by atoms with Crippen molar-refractivity contribution in [2.24, 2.45) is 0 Å². The number of aliphatic carboxylic acids is 1. The lowest BCUT2D eigenvalue weighted by Gasteiger charge is -2.12. The predicted molar refractivity (Wildman–Crippen MR) is 74.0 cm³/mol. The third-order valence-electron chi connectivity index (χ3n) is 3.02. The summed E-state index contributed by atoms with van der Waals surface area (Å²) in [4.78, 5) is 10.7. The maximum atomic E-state index is 12.3. The zero-order chi connectivity index (χ0) is 14.9. The summed E-state index contributed by atoms with van der Waals surface area (Å²) in [6.07, 6.45) is -0.895. The molecule has 1 aliphatic rings. The minimum Gasteiger partial charge on any atom is -0.479 e. The minimum atomic E-state index is -3.68. The summed E-state index contributed by atoms with van der Waals surface area (Å²) in [6, 6.07) is 4.19. The van der Waals surface area contributed by atoms with Crippen LogP contribution in [0.1, 0.15) is 12.8 Å². The molecule has 0 aliphatic carbocycles. The van der Waals surface area contributed by atoms with E-state index >= 15 is 0 Å². The lowest BCUT2D eigenvalue weighted by Crippen LogP contribution is -2.25. The van der Waals surface area contributed by atoms with Crippen molar-refractivity contribution in [1.29, 1.82) is 0 Å². The molecule has 5 nitrogen and oxygen atoms in total. The fourth-order valence-electron chi connectivity index (χ4n) is 2.06. The second-order valence-corrected chi connectivity index (χ2v) is 7.36. The minimum absolute atomic E-state index is 0.0611. The molecule has 110 valence electrons. The molecule has 0 spiro atoms. The average Bonchev–Trinajstić information content (AvgIpc) is 2.80. The Morgan fingerprint density at radius 2 is 2.05 bits per heavy atom. The van der Waals surface area contributed by atoms with Crippen molar-refractivity contribution in [3.8, 4) is 0 Å². The van der Waals surface area contributed by atoms with Crippen LogP contribution in [0.3, 0.4) is 0 Å². The van der Waals surface area contributed by atoms with E-state index in [0.717, 1.165) is 0 Å². The van der Waals surface area contributed by atoms with E-state index in [-0.39, 0.29) is 20.7 Å². The van der Waals surface area contributed by atoms with Gasteiger partial charge in [-0.1, -0.05) is 23.2 Å². The second kappa shape index (κ2) is 5.89. The van der Waals surface area contributed by atoms with E-state index in [0.29, 0.717) is 12.8 Å². The Morgan fingerprint density at radius 3 is 2.65 bits per heavy atom. The van der Waals surface area contributed by atoms with Crippen LogP contribution in [-0.2, 0) is 19.4 Å². The van der Waals surface area contributed by atoms with E-state index < -0.39 is 28.0 Å². The van der Waals surface area contributed by atoms with Gasteiger partial charge in [0.05, 0.1) is 21.8 Å². The Bertz CT molecular complexity index is 629. The SMILES string of the molecule is O=C(O)C1CCC(CS(=O)(=O)c2cc(Cl)ccc2Cl)O1. The zero-order valence-electron chi connectivity index (χ0n) is 10.3. The summed E-state index contributed by atoms with van der Waals surface area (Å²) in [5.74, 6) is -1.39. The molecule has 1 fully saturated rings. The van der Waals surface area contributed by atoms with Crippen molar-refractivity contribution in [2.75, 3.05) is 5.75 Å². The van der Waals surface area contributed by atoms with Crippen molar-refractivity contribution >= 4 is 39.0 Å². The second-order valence-electron chi connectivity index (χ2n) is 4.52. The molecule has 0 saturated carbocycles. The van der Waals surface area contributed by atoms with Gasteiger partial charge in [-0.25, -0.2) is 13.2 Å². The molecule has 1 aromatic carbocycles. The number of carbonyl (C=O) groups is 1. The summed E-state index contributed by atoms with van der Waals surface area (Å²) in [7, 11) is -3.68. The Labute approximate surface area is 126 Å². The van der Waals surface area contributed by atoms with Gasteiger partial charge in [-0.15, -0.1) is 0 Å². The van der Waals surface area contributed by atoms with Gasteiger partial charge in [-0.2, -0.15) is 0 Å². The summed E-state index contributed by atoms with van der Waals surface area (Å²) in [5, 5.41) is 9.17. The third-order valence-corrected chi connectivity index (χ3v) is 5.51. The highest BCUT2D eigenvalue weighted by Crippen LogP contribution is 2.29. The van der Waals surface area contributed by atoms with E-state index in [1.54, 1.807) is 0 Å². The quantitative estimate of drug-likeness (QED) is 0.911. The highest BCUT2D eigenvalue weighted by molar-refractivity contribution is 7.91. The summed E-state index contributed by atoms with van der Waals surface area (Å²) < 4.78 is 29.7. The number of hydrogen-bond acceptors (Lipinski definition) is 4. The molecule has 0 amide bonds. The Balaban J connectivity index is 2.16. The molecule has 2 rings (SSSR count). The summed E-state index contributed by atoms with van der Waals surface area (Å²) in [5.41, 5.74) is 0. The van der Waals surface area contributed by atoms with Gasteiger partial charge < -0.3 is 9.84 Å². The zero-order valence-corrected chi connectivity index (χ0v) is 12.6. The van der Waals surface area contributed by atoms with Gasteiger partial charge in [-0.05, 0) is 31.0 Å². The van der Waals surface area contributed by atoms with E-state index in [1.807, 2.05) is 0 Å². The fraction of sp³-hybridized carbons (Fsp3) is 0.417. The number of sulfone groups is 1. The summed E-state index contributed by atoms with van der Waals surface area (Å²) >= 11 is 11.6. The molecule has 2 unspecified atom stereocenters. The standard InChI is InChI=1S/C12H12Cl2O5S/c13-7-1-3-9(14)11(5-7)20(17,18)6-8-2-4-10(19-8)12(15)16/h1,3,5,8,10H,2,4,6H2,(H,15,16). The fourth-order valence-corrected chi connectivity index (χ4v) is 4.35. The number of halogens is 2. The van der Waals surface area contributed by atoms with Crippen LogP contribution in [0, 0.1) is 0 Å². The van der Waals surface area contributed by atoms with Crippen molar-refractivity contribution in [2.45, 2.75) is 29.9 Å². The number of ether oxygens (including phenoxy) is 1. The molecule has 0 bridgehead atoms. The molecule has 0 aromatic heterocycles. The van der Waals surface area contributed by atoms with Gasteiger partial charge in [0.25, 0.3) is 0 Å². The number of benzene rings is 1. The maximum absolute atomic E-state index is 12.3. The van der Waals surface area contributed by atoms with Crippen LogP contribution in [0.2, 0.25) is 10.0 Å². The van der Waals surface area contributed by atoms with E-state index in [4.69, 9.17) is 33.0 Å². The first kappa shape index (κ1) is 15.6. The highest BCUT2D eigenvalue weighted by Gasteiger charge is 2.34. The first-order valence-electron chi connectivity index (χ1n) is 5.85. The Kier molecular flexibility index (Phi) is 4.59. The Hall–Kier alpha value is -0.820.